The van der Waals surface area contributed by atoms with Gasteiger partial charge in [0.25, 0.3) is 5.91 Å². The molecule has 0 saturated carbocycles. The number of carbonyl (C=O) groups excluding carboxylic acids is 1. The molecule has 2 rings (SSSR count). The molecule has 1 aromatic heterocycles. The molecule has 0 unspecified atom stereocenters. The third-order valence-corrected chi connectivity index (χ3v) is 2.46. The zero-order valence-electron chi connectivity index (χ0n) is 10.2. The zero-order valence-corrected chi connectivity index (χ0v) is 10.2. The van der Waals surface area contributed by atoms with Crippen LogP contribution in [0.1, 0.15) is 10.4 Å². The van der Waals surface area contributed by atoms with Gasteiger partial charge in [-0.1, -0.05) is 18.2 Å². The summed E-state index contributed by atoms with van der Waals surface area (Å²) < 4.78 is 6.54. The van der Waals surface area contributed by atoms with E-state index in [1.165, 1.54) is 0 Å². The SMILES string of the molecule is COCCNC(=O)c1cnn(-c2ccccc2)c1. The van der Waals surface area contributed by atoms with Crippen LogP contribution in [0.4, 0.5) is 0 Å². The van der Waals surface area contributed by atoms with E-state index in [-0.39, 0.29) is 5.91 Å². The monoisotopic (exact) mass is 245 g/mol. The number of aromatic nitrogens is 2. The molecule has 0 spiro atoms. The highest BCUT2D eigenvalue weighted by molar-refractivity contribution is 5.93. The van der Waals surface area contributed by atoms with Crippen molar-refractivity contribution < 1.29 is 9.53 Å². The topological polar surface area (TPSA) is 56.1 Å². The van der Waals surface area contributed by atoms with E-state index < -0.39 is 0 Å². The third-order valence-electron chi connectivity index (χ3n) is 2.46. The lowest BCUT2D eigenvalue weighted by Gasteiger charge is -2.01. The van der Waals surface area contributed by atoms with Gasteiger partial charge in [0.05, 0.1) is 24.1 Å². The van der Waals surface area contributed by atoms with Crippen molar-refractivity contribution in [3.05, 3.63) is 48.3 Å². The molecule has 0 bridgehead atoms. The van der Waals surface area contributed by atoms with Crippen LogP contribution in [0, 0.1) is 0 Å². The molecule has 1 N–H and O–H groups in total. The molecule has 0 atom stereocenters. The predicted molar refractivity (Wildman–Crippen MR) is 67.8 cm³/mol. The highest BCUT2D eigenvalue weighted by Gasteiger charge is 2.08. The fourth-order valence-electron chi connectivity index (χ4n) is 1.53. The first-order chi connectivity index (χ1) is 8.81. The van der Waals surface area contributed by atoms with E-state index in [0.29, 0.717) is 18.7 Å². The molecule has 94 valence electrons. The maximum Gasteiger partial charge on any atom is 0.254 e. The lowest BCUT2D eigenvalue weighted by Crippen LogP contribution is -2.26. The lowest BCUT2D eigenvalue weighted by molar-refractivity contribution is 0.0937. The Morgan fingerprint density at radius 2 is 2.17 bits per heavy atom. The average molecular weight is 245 g/mol. The van der Waals surface area contributed by atoms with Gasteiger partial charge >= 0.3 is 0 Å². The summed E-state index contributed by atoms with van der Waals surface area (Å²) in [5.41, 5.74) is 1.46. The number of nitrogens with one attached hydrogen (secondary N) is 1. The Bertz CT molecular complexity index is 508. The molecule has 0 saturated heterocycles. The molecule has 18 heavy (non-hydrogen) atoms. The fraction of sp³-hybridized carbons (Fsp3) is 0.231. The van der Waals surface area contributed by atoms with Crippen molar-refractivity contribution in [1.82, 2.24) is 15.1 Å². The summed E-state index contributed by atoms with van der Waals surface area (Å²) in [5.74, 6) is -0.144. The van der Waals surface area contributed by atoms with Gasteiger partial charge in [-0.3, -0.25) is 4.79 Å². The number of nitrogens with zero attached hydrogens (tertiary/aromatic N) is 2. The van der Waals surface area contributed by atoms with Crippen molar-refractivity contribution in [3.8, 4) is 5.69 Å². The van der Waals surface area contributed by atoms with Gasteiger partial charge < -0.3 is 10.1 Å². The van der Waals surface area contributed by atoms with Crippen LogP contribution in [0.15, 0.2) is 42.7 Å². The van der Waals surface area contributed by atoms with Gasteiger partial charge in [0.1, 0.15) is 0 Å². The minimum absolute atomic E-state index is 0.144. The van der Waals surface area contributed by atoms with Crippen molar-refractivity contribution >= 4 is 5.91 Å². The second-order valence-corrected chi connectivity index (χ2v) is 3.76. The molecule has 0 aliphatic rings. The molecular formula is C13H15N3O2. The van der Waals surface area contributed by atoms with E-state index in [1.807, 2.05) is 30.3 Å². The van der Waals surface area contributed by atoms with Crippen LogP contribution in [0.25, 0.3) is 5.69 Å². The molecule has 0 aliphatic carbocycles. The number of hydrogen-bond donors (Lipinski definition) is 1. The Morgan fingerprint density at radius 3 is 2.89 bits per heavy atom. The van der Waals surface area contributed by atoms with Crippen LogP contribution in [0.2, 0.25) is 0 Å². The van der Waals surface area contributed by atoms with E-state index in [2.05, 4.69) is 10.4 Å². The average Bonchev–Trinajstić information content (AvgIpc) is 2.89. The van der Waals surface area contributed by atoms with E-state index in [9.17, 15) is 4.79 Å². The summed E-state index contributed by atoms with van der Waals surface area (Å²) in [6.45, 7) is 0.990. The van der Waals surface area contributed by atoms with Gasteiger partial charge in [-0.25, -0.2) is 4.68 Å². The van der Waals surface area contributed by atoms with Crippen molar-refractivity contribution in [3.63, 3.8) is 0 Å². The number of hydrogen-bond acceptors (Lipinski definition) is 3. The Morgan fingerprint density at radius 1 is 1.39 bits per heavy atom. The quantitative estimate of drug-likeness (QED) is 0.806. The first-order valence-corrected chi connectivity index (χ1v) is 5.68. The number of amides is 1. The molecule has 0 aliphatic heterocycles. The van der Waals surface area contributed by atoms with Crippen molar-refractivity contribution in [2.45, 2.75) is 0 Å². The molecule has 1 aromatic carbocycles. The summed E-state index contributed by atoms with van der Waals surface area (Å²) in [4.78, 5) is 11.7. The molecule has 2 aromatic rings. The Hall–Kier alpha value is -2.14. The number of methoxy groups -OCH3 is 1. The zero-order chi connectivity index (χ0) is 12.8. The highest BCUT2D eigenvalue weighted by atomic mass is 16.5. The Balaban J connectivity index is 2.04. The lowest BCUT2D eigenvalue weighted by atomic mass is 10.3. The first-order valence-electron chi connectivity index (χ1n) is 5.68. The van der Waals surface area contributed by atoms with Crippen LogP contribution < -0.4 is 5.32 Å². The molecule has 1 amide bonds. The maximum absolute atomic E-state index is 11.7. The molecule has 5 nitrogen and oxygen atoms in total. The van der Waals surface area contributed by atoms with Crippen LogP contribution in [0.5, 0.6) is 0 Å². The highest BCUT2D eigenvalue weighted by Crippen LogP contribution is 2.07. The first kappa shape index (κ1) is 12.3. The number of para-hydroxylation sites is 1. The van der Waals surface area contributed by atoms with E-state index in [1.54, 1.807) is 24.2 Å². The minimum atomic E-state index is -0.144. The summed E-state index contributed by atoms with van der Waals surface area (Å²) in [6, 6.07) is 9.65. The standard InChI is InChI=1S/C13H15N3O2/c1-18-8-7-14-13(17)11-9-15-16(10-11)12-5-3-2-4-6-12/h2-6,9-10H,7-8H2,1H3,(H,14,17). The largest absolute Gasteiger partial charge is 0.383 e. The molecular weight excluding hydrogens is 230 g/mol. The van der Waals surface area contributed by atoms with Crippen LogP contribution in [-0.2, 0) is 4.74 Å². The van der Waals surface area contributed by atoms with E-state index >= 15 is 0 Å². The van der Waals surface area contributed by atoms with Crippen molar-refractivity contribution in [2.75, 3.05) is 20.3 Å². The third kappa shape index (κ3) is 2.95. The Labute approximate surface area is 105 Å². The number of carbonyl (C=O) groups is 1. The normalized spacial score (nSPS) is 10.3. The van der Waals surface area contributed by atoms with E-state index in [4.69, 9.17) is 4.74 Å². The van der Waals surface area contributed by atoms with Crippen LogP contribution >= 0.6 is 0 Å². The number of benzene rings is 1. The van der Waals surface area contributed by atoms with Crippen LogP contribution in [-0.4, -0.2) is 35.9 Å². The van der Waals surface area contributed by atoms with Gasteiger partial charge in [0.2, 0.25) is 0 Å². The molecule has 1 heterocycles. The fourth-order valence-corrected chi connectivity index (χ4v) is 1.53. The molecule has 5 heteroatoms. The second kappa shape index (κ2) is 5.97. The number of rotatable bonds is 5. The summed E-state index contributed by atoms with van der Waals surface area (Å²) in [6.07, 6.45) is 3.26. The number of ether oxygens (including phenoxy) is 1. The van der Waals surface area contributed by atoms with Gasteiger partial charge in [0.15, 0.2) is 0 Å². The van der Waals surface area contributed by atoms with Gasteiger partial charge in [-0.05, 0) is 12.1 Å². The van der Waals surface area contributed by atoms with E-state index in [0.717, 1.165) is 5.69 Å². The maximum atomic E-state index is 11.7. The van der Waals surface area contributed by atoms with Crippen LogP contribution in [0.3, 0.4) is 0 Å². The van der Waals surface area contributed by atoms with Gasteiger partial charge in [-0.2, -0.15) is 5.10 Å². The predicted octanol–water partition coefficient (Wildman–Crippen LogP) is 1.25. The molecule has 0 radical (unpaired) electrons. The van der Waals surface area contributed by atoms with Crippen molar-refractivity contribution in [2.24, 2.45) is 0 Å². The second-order valence-electron chi connectivity index (χ2n) is 3.76. The van der Waals surface area contributed by atoms with Crippen molar-refractivity contribution in [1.29, 1.82) is 0 Å². The minimum Gasteiger partial charge on any atom is -0.383 e. The smallest absolute Gasteiger partial charge is 0.254 e. The Kier molecular flexibility index (Phi) is 4.09. The van der Waals surface area contributed by atoms with Gasteiger partial charge in [0, 0.05) is 19.9 Å². The summed E-state index contributed by atoms with van der Waals surface area (Å²) in [5, 5.41) is 6.91. The van der Waals surface area contributed by atoms with Gasteiger partial charge in [-0.15, -0.1) is 0 Å². The summed E-state index contributed by atoms with van der Waals surface area (Å²) >= 11 is 0. The summed E-state index contributed by atoms with van der Waals surface area (Å²) in [7, 11) is 1.60. The molecule has 0 fully saturated rings.